The van der Waals surface area contributed by atoms with Crippen LogP contribution in [0.4, 0.5) is 0 Å². The molecule has 2 N–H and O–H groups in total. The van der Waals surface area contributed by atoms with E-state index in [2.05, 4.69) is 26.7 Å². The van der Waals surface area contributed by atoms with Gasteiger partial charge in [0.25, 0.3) is 0 Å². The van der Waals surface area contributed by atoms with Crippen molar-refractivity contribution in [1.82, 2.24) is 19.8 Å². The summed E-state index contributed by atoms with van der Waals surface area (Å²) in [5.74, 6) is 0.363. The summed E-state index contributed by atoms with van der Waals surface area (Å²) < 4.78 is 0. The number of hydrogen-bond acceptors (Lipinski definition) is 4. The van der Waals surface area contributed by atoms with E-state index < -0.39 is 5.97 Å². The first kappa shape index (κ1) is 15.5. The summed E-state index contributed by atoms with van der Waals surface area (Å²) in [5.41, 5.74) is 0.206. The maximum atomic E-state index is 11.5. The van der Waals surface area contributed by atoms with Crippen LogP contribution >= 0.6 is 0 Å². The number of carboxylic acids is 1. The van der Waals surface area contributed by atoms with E-state index in [-0.39, 0.29) is 11.5 Å². The van der Waals surface area contributed by atoms with Crippen LogP contribution in [0.15, 0.2) is 12.4 Å². The number of aromatic nitrogens is 2. The molecule has 0 unspecified atom stereocenters. The van der Waals surface area contributed by atoms with Crippen LogP contribution in [0.5, 0.6) is 0 Å². The summed E-state index contributed by atoms with van der Waals surface area (Å²) in [6, 6.07) is -0.281. The van der Waals surface area contributed by atoms with E-state index in [0.717, 1.165) is 64.2 Å². The Morgan fingerprint density at radius 2 is 2.27 bits per heavy atom. The number of nitrogens with one attached hydrogen (secondary N) is 1. The Labute approximate surface area is 131 Å². The third kappa shape index (κ3) is 3.17. The molecule has 2 aliphatic heterocycles. The van der Waals surface area contributed by atoms with Crippen LogP contribution in [0, 0.1) is 5.41 Å². The molecule has 2 aliphatic rings. The normalized spacial score (nSPS) is 25.8. The molecule has 0 aliphatic carbocycles. The summed E-state index contributed by atoms with van der Waals surface area (Å²) >= 11 is 0. The average Bonchev–Trinajstić information content (AvgIpc) is 3.11. The number of aliphatic carboxylic acids is 1. The molecule has 0 aromatic carbocycles. The smallest absolute Gasteiger partial charge is 0.320 e. The van der Waals surface area contributed by atoms with E-state index in [1.807, 2.05) is 6.20 Å². The number of imidazole rings is 1. The minimum Gasteiger partial charge on any atom is -0.480 e. The number of carbonyl (C=O) groups is 1. The second kappa shape index (κ2) is 6.38. The molecule has 1 atom stereocenters. The van der Waals surface area contributed by atoms with E-state index in [9.17, 15) is 9.90 Å². The van der Waals surface area contributed by atoms with Crippen molar-refractivity contribution in [2.24, 2.45) is 5.41 Å². The molecule has 2 fully saturated rings. The van der Waals surface area contributed by atoms with E-state index in [1.54, 1.807) is 6.20 Å². The lowest BCUT2D eigenvalue weighted by Crippen LogP contribution is -2.41. The molecule has 0 saturated carbocycles. The van der Waals surface area contributed by atoms with Gasteiger partial charge in [-0.25, -0.2) is 4.98 Å². The van der Waals surface area contributed by atoms with Crippen LogP contribution in [-0.2, 0) is 11.3 Å². The fraction of sp³-hybridized carbons (Fsp3) is 0.750. The van der Waals surface area contributed by atoms with Crippen molar-refractivity contribution in [3.05, 3.63) is 18.2 Å². The molecular formula is C16H26N4O2. The Morgan fingerprint density at radius 1 is 1.50 bits per heavy atom. The fourth-order valence-electron chi connectivity index (χ4n) is 4.05. The van der Waals surface area contributed by atoms with Crippen molar-refractivity contribution in [3.8, 4) is 0 Å². The molecule has 22 heavy (non-hydrogen) atoms. The molecule has 3 rings (SSSR count). The molecule has 6 heteroatoms. The van der Waals surface area contributed by atoms with Crippen LogP contribution in [0.1, 0.15) is 38.4 Å². The van der Waals surface area contributed by atoms with Crippen molar-refractivity contribution >= 4 is 5.97 Å². The predicted molar refractivity (Wildman–Crippen MR) is 83.4 cm³/mol. The molecule has 1 aromatic heterocycles. The molecule has 3 heterocycles. The van der Waals surface area contributed by atoms with Gasteiger partial charge in [0, 0.05) is 18.9 Å². The van der Waals surface area contributed by atoms with Crippen molar-refractivity contribution in [2.45, 2.75) is 45.2 Å². The van der Waals surface area contributed by atoms with E-state index in [1.165, 1.54) is 0 Å². The van der Waals surface area contributed by atoms with Gasteiger partial charge in [-0.2, -0.15) is 0 Å². The largest absolute Gasteiger partial charge is 0.480 e. The number of hydrogen-bond donors (Lipinski definition) is 2. The Morgan fingerprint density at radius 3 is 2.86 bits per heavy atom. The third-order valence-corrected chi connectivity index (χ3v) is 5.25. The molecule has 2 saturated heterocycles. The SMILES string of the molecule is CCCN1CC2(CCN(Cc3ncc[nH]3)CC2)C[C@H]1C(=O)O. The van der Waals surface area contributed by atoms with Gasteiger partial charge in [-0.1, -0.05) is 6.92 Å². The van der Waals surface area contributed by atoms with Crippen LogP contribution < -0.4 is 0 Å². The summed E-state index contributed by atoms with van der Waals surface area (Å²) in [6.45, 7) is 6.90. The van der Waals surface area contributed by atoms with Crippen LogP contribution in [0.3, 0.4) is 0 Å². The van der Waals surface area contributed by atoms with E-state index in [4.69, 9.17) is 0 Å². The molecule has 0 radical (unpaired) electrons. The van der Waals surface area contributed by atoms with Crippen LogP contribution in [-0.4, -0.2) is 63.1 Å². The van der Waals surface area contributed by atoms with Crippen LogP contribution in [0.25, 0.3) is 0 Å². The van der Waals surface area contributed by atoms with E-state index >= 15 is 0 Å². The predicted octanol–water partition coefficient (Wildman–Crippen LogP) is 1.56. The standard InChI is InChI=1S/C16H26N4O2/c1-2-7-20-12-16(10-13(20)15(21)22)3-8-19(9-4-16)11-14-17-5-6-18-14/h5-6,13H,2-4,7-12H2,1H3,(H,17,18)(H,21,22)/t13-/m0/s1. The van der Waals surface area contributed by atoms with Gasteiger partial charge in [-0.05, 0) is 50.7 Å². The number of H-pyrrole nitrogens is 1. The Kier molecular flexibility index (Phi) is 4.49. The monoisotopic (exact) mass is 306 g/mol. The van der Waals surface area contributed by atoms with Crippen molar-refractivity contribution in [2.75, 3.05) is 26.2 Å². The molecule has 0 amide bonds. The zero-order valence-electron chi connectivity index (χ0n) is 13.3. The first-order valence-corrected chi connectivity index (χ1v) is 8.29. The Hall–Kier alpha value is -1.40. The molecule has 1 spiro atoms. The van der Waals surface area contributed by atoms with E-state index in [0.29, 0.717) is 0 Å². The number of piperidine rings is 1. The number of likely N-dealkylation sites (tertiary alicyclic amines) is 2. The summed E-state index contributed by atoms with van der Waals surface area (Å²) in [4.78, 5) is 23.6. The molecule has 0 bridgehead atoms. The van der Waals surface area contributed by atoms with Crippen molar-refractivity contribution < 1.29 is 9.90 Å². The van der Waals surface area contributed by atoms with Crippen molar-refractivity contribution in [3.63, 3.8) is 0 Å². The van der Waals surface area contributed by atoms with Gasteiger partial charge in [-0.15, -0.1) is 0 Å². The number of nitrogens with zero attached hydrogens (tertiary/aromatic N) is 3. The van der Waals surface area contributed by atoms with Crippen LogP contribution in [0.2, 0.25) is 0 Å². The highest BCUT2D eigenvalue weighted by Gasteiger charge is 2.47. The van der Waals surface area contributed by atoms with Crippen molar-refractivity contribution in [1.29, 1.82) is 0 Å². The number of rotatable bonds is 5. The summed E-state index contributed by atoms with van der Waals surface area (Å²) in [7, 11) is 0. The second-order valence-corrected chi connectivity index (χ2v) is 6.84. The van der Waals surface area contributed by atoms with Gasteiger partial charge in [0.05, 0.1) is 6.54 Å². The fourth-order valence-corrected chi connectivity index (χ4v) is 4.05. The molecule has 1 aromatic rings. The van der Waals surface area contributed by atoms with Gasteiger partial charge in [0.1, 0.15) is 11.9 Å². The van der Waals surface area contributed by atoms with Gasteiger partial charge in [0.15, 0.2) is 0 Å². The lowest BCUT2D eigenvalue weighted by molar-refractivity contribution is -0.142. The highest BCUT2D eigenvalue weighted by Crippen LogP contribution is 2.43. The first-order chi connectivity index (χ1) is 10.6. The highest BCUT2D eigenvalue weighted by atomic mass is 16.4. The minimum atomic E-state index is -0.650. The minimum absolute atomic E-state index is 0.206. The topological polar surface area (TPSA) is 72.5 Å². The zero-order valence-corrected chi connectivity index (χ0v) is 13.3. The highest BCUT2D eigenvalue weighted by molar-refractivity contribution is 5.74. The lowest BCUT2D eigenvalue weighted by Gasteiger charge is -2.39. The quantitative estimate of drug-likeness (QED) is 0.864. The third-order valence-electron chi connectivity index (χ3n) is 5.25. The zero-order chi connectivity index (χ0) is 15.6. The first-order valence-electron chi connectivity index (χ1n) is 8.29. The number of aromatic amines is 1. The molecule has 122 valence electrons. The maximum absolute atomic E-state index is 11.5. The average molecular weight is 306 g/mol. The van der Waals surface area contributed by atoms with Gasteiger partial charge in [0.2, 0.25) is 0 Å². The molecular weight excluding hydrogens is 280 g/mol. The molecule has 6 nitrogen and oxygen atoms in total. The summed E-state index contributed by atoms with van der Waals surface area (Å²) in [5, 5.41) is 9.48. The second-order valence-electron chi connectivity index (χ2n) is 6.84. The van der Waals surface area contributed by atoms with Gasteiger partial charge >= 0.3 is 5.97 Å². The van der Waals surface area contributed by atoms with Gasteiger partial charge in [-0.3, -0.25) is 14.6 Å². The Bertz CT molecular complexity index is 494. The maximum Gasteiger partial charge on any atom is 0.320 e. The lowest BCUT2D eigenvalue weighted by atomic mass is 9.76. The number of carboxylic acid groups (broad SMARTS) is 1. The Balaban J connectivity index is 1.58. The summed E-state index contributed by atoms with van der Waals surface area (Å²) in [6.07, 6.45) is 7.67. The van der Waals surface area contributed by atoms with Gasteiger partial charge < -0.3 is 10.1 Å².